The summed E-state index contributed by atoms with van der Waals surface area (Å²) in [5, 5.41) is 13.6. The number of nitrogens with one attached hydrogen (secondary N) is 3. The molecule has 3 aromatic rings. The van der Waals surface area contributed by atoms with Crippen LogP contribution in [0.3, 0.4) is 0 Å². The van der Waals surface area contributed by atoms with Crippen molar-refractivity contribution >= 4 is 45.3 Å². The number of fused-ring (bicyclic) bond motifs is 1. The van der Waals surface area contributed by atoms with E-state index in [2.05, 4.69) is 26.0 Å². The number of nitrogens with zero attached hydrogens (tertiary/aromatic N) is 4. The number of rotatable bonds is 9. The molecule has 0 spiro atoms. The molecule has 1 saturated heterocycles. The van der Waals surface area contributed by atoms with Gasteiger partial charge in [-0.2, -0.15) is 19.6 Å². The molecule has 1 aliphatic heterocycles. The van der Waals surface area contributed by atoms with Crippen molar-refractivity contribution < 1.29 is 18.0 Å². The topological polar surface area (TPSA) is 147 Å². The molecular weight excluding hydrogens is 518 g/mol. The van der Waals surface area contributed by atoms with Crippen molar-refractivity contribution in [1.29, 1.82) is 0 Å². The van der Waals surface area contributed by atoms with Crippen LogP contribution in [0.2, 0.25) is 0 Å². The maximum absolute atomic E-state index is 12.8. The highest BCUT2D eigenvalue weighted by Gasteiger charge is 2.28. The summed E-state index contributed by atoms with van der Waals surface area (Å²) in [6.07, 6.45) is 8.70. The summed E-state index contributed by atoms with van der Waals surface area (Å²) in [7, 11) is -3.18. The third kappa shape index (κ3) is 6.11. The predicted molar refractivity (Wildman–Crippen MR) is 146 cm³/mol. The maximum atomic E-state index is 12.8. The smallest absolute Gasteiger partial charge is 0.254 e. The molecule has 0 radical (unpaired) electrons. The number of benzene rings is 1. The van der Waals surface area contributed by atoms with E-state index < -0.39 is 15.7 Å². The zero-order chi connectivity index (χ0) is 27.0. The van der Waals surface area contributed by atoms with E-state index >= 15 is 0 Å². The fourth-order valence-corrected chi connectivity index (χ4v) is 7.15. The van der Waals surface area contributed by atoms with E-state index in [1.807, 2.05) is 30.3 Å². The second kappa shape index (κ2) is 10.4. The fraction of sp³-hybridized carbons (Fsp3) is 0.444. The van der Waals surface area contributed by atoms with Crippen LogP contribution in [0.15, 0.2) is 42.1 Å². The van der Waals surface area contributed by atoms with Gasteiger partial charge in [-0.3, -0.25) is 14.9 Å². The second-order valence-corrected chi connectivity index (χ2v) is 12.9. The molecule has 6 rings (SSSR count). The van der Waals surface area contributed by atoms with Crippen molar-refractivity contribution in [1.82, 2.24) is 24.9 Å². The monoisotopic (exact) mass is 549 g/mol. The van der Waals surface area contributed by atoms with Crippen LogP contribution < -0.4 is 16.0 Å². The van der Waals surface area contributed by atoms with E-state index in [0.29, 0.717) is 34.7 Å². The van der Waals surface area contributed by atoms with Crippen LogP contribution in [0, 0.1) is 5.92 Å². The average molecular weight is 550 g/mol. The van der Waals surface area contributed by atoms with Gasteiger partial charge in [-0.05, 0) is 56.1 Å². The van der Waals surface area contributed by atoms with E-state index in [1.54, 1.807) is 16.8 Å². The lowest BCUT2D eigenvalue weighted by atomic mass is 9.87. The molecule has 0 unspecified atom stereocenters. The number of imide groups is 1. The van der Waals surface area contributed by atoms with Gasteiger partial charge in [-0.25, -0.2) is 8.42 Å². The molecule has 3 heterocycles. The van der Waals surface area contributed by atoms with E-state index in [4.69, 9.17) is 4.98 Å². The van der Waals surface area contributed by atoms with Crippen molar-refractivity contribution in [3.63, 3.8) is 0 Å². The number of hydrogen-bond acceptors (Lipinski definition) is 9. The molecule has 2 aromatic heterocycles. The number of anilines is 2. The minimum absolute atomic E-state index is 0.0316. The molecule has 204 valence electrons. The van der Waals surface area contributed by atoms with Gasteiger partial charge in [0.25, 0.3) is 5.91 Å². The molecule has 12 heteroatoms. The highest BCUT2D eigenvalue weighted by Crippen LogP contribution is 2.30. The quantitative estimate of drug-likeness (QED) is 0.271. The van der Waals surface area contributed by atoms with Crippen molar-refractivity contribution in [3.05, 3.63) is 53.2 Å². The van der Waals surface area contributed by atoms with Crippen molar-refractivity contribution in [2.45, 2.75) is 62.8 Å². The van der Waals surface area contributed by atoms with Crippen LogP contribution in [-0.2, 0) is 25.2 Å². The molecular formula is C27H31N7O4S. The summed E-state index contributed by atoms with van der Waals surface area (Å²) >= 11 is 0. The Kier molecular flexibility index (Phi) is 6.79. The lowest BCUT2D eigenvalue weighted by Gasteiger charge is -2.29. The largest absolute Gasteiger partial charge is 0.351 e. The highest BCUT2D eigenvalue weighted by atomic mass is 32.2. The molecule has 2 saturated carbocycles. The Bertz CT molecular complexity index is 1540. The molecule has 3 N–H and O–H groups in total. The number of carbonyl (C=O) groups is 2. The molecule has 2 aliphatic carbocycles. The first-order valence-corrected chi connectivity index (χ1v) is 15.2. The Morgan fingerprint density at radius 1 is 0.974 bits per heavy atom. The van der Waals surface area contributed by atoms with E-state index in [1.165, 1.54) is 0 Å². The third-order valence-corrected chi connectivity index (χ3v) is 9.18. The summed E-state index contributed by atoms with van der Waals surface area (Å²) in [5.41, 5.74) is 2.37. The summed E-state index contributed by atoms with van der Waals surface area (Å²) in [6, 6.07) is 9.78. The zero-order valence-electron chi connectivity index (χ0n) is 21.5. The predicted octanol–water partition coefficient (Wildman–Crippen LogP) is 2.71. The normalized spacial score (nSPS) is 22.8. The van der Waals surface area contributed by atoms with Gasteiger partial charge >= 0.3 is 0 Å². The molecule has 3 aliphatic rings. The van der Waals surface area contributed by atoms with Crippen LogP contribution >= 0.6 is 0 Å². The number of hydrogen-bond donors (Lipinski definition) is 3. The maximum Gasteiger partial charge on any atom is 0.254 e. The van der Waals surface area contributed by atoms with E-state index in [9.17, 15) is 18.0 Å². The summed E-state index contributed by atoms with van der Waals surface area (Å²) < 4.78 is 27.2. The first kappa shape index (κ1) is 25.5. The second-order valence-electron chi connectivity index (χ2n) is 10.8. The molecule has 1 aromatic carbocycles. The Labute approximate surface area is 226 Å². The van der Waals surface area contributed by atoms with Crippen molar-refractivity contribution in [2.24, 2.45) is 5.92 Å². The fourth-order valence-electron chi connectivity index (χ4n) is 5.28. The van der Waals surface area contributed by atoms with Crippen molar-refractivity contribution in [2.75, 3.05) is 16.4 Å². The van der Waals surface area contributed by atoms with Crippen LogP contribution in [0.1, 0.15) is 56.1 Å². The van der Waals surface area contributed by atoms with Crippen LogP contribution in [0.25, 0.3) is 11.7 Å². The van der Waals surface area contributed by atoms with Gasteiger partial charge in [0, 0.05) is 23.2 Å². The minimum atomic E-state index is -3.18. The number of sulfone groups is 1. The molecule has 0 bridgehead atoms. The van der Waals surface area contributed by atoms with Gasteiger partial charge in [0.2, 0.25) is 17.8 Å². The first-order chi connectivity index (χ1) is 18.8. The van der Waals surface area contributed by atoms with Gasteiger partial charge in [0.05, 0.1) is 24.1 Å². The lowest BCUT2D eigenvalue weighted by Crippen LogP contribution is -2.30. The Morgan fingerprint density at radius 2 is 1.69 bits per heavy atom. The molecule has 3 fully saturated rings. The van der Waals surface area contributed by atoms with Crippen LogP contribution in [0.5, 0.6) is 0 Å². The number of aromatic nitrogens is 4. The Hall–Kier alpha value is -3.80. The standard InChI is InChI=1S/C27H31N7O4S/c35-23-13-19(25(36)31-23)12-20-14-28-34-24(20)32-26(33-27(34)30-22-10-11-22)29-21-8-6-18(7-9-21)16-39(37,38)15-17-4-2-1-3-5-17/h1-5,12,14,18,21-22H,6-11,13,15-16H2,(H,31,35,36)(H2,29,30,32,33)/b19-12+. The number of carbonyl (C=O) groups excluding carboxylic acids is 2. The molecule has 39 heavy (non-hydrogen) atoms. The molecule has 0 atom stereocenters. The van der Waals surface area contributed by atoms with Gasteiger partial charge in [-0.15, -0.1) is 0 Å². The SMILES string of the molecule is O=C1C/C(=C\c2cnn3c(NC4CC4)nc(NC4CCC(CS(=O)(=O)Cc5ccccc5)CC4)nc23)C(=O)N1. The highest BCUT2D eigenvalue weighted by molar-refractivity contribution is 7.90. The summed E-state index contributed by atoms with van der Waals surface area (Å²) in [6.45, 7) is 0. The van der Waals surface area contributed by atoms with Crippen LogP contribution in [-0.4, -0.2) is 57.7 Å². The molecule has 11 nitrogen and oxygen atoms in total. The van der Waals surface area contributed by atoms with E-state index in [0.717, 1.165) is 44.1 Å². The van der Waals surface area contributed by atoms with Crippen molar-refractivity contribution in [3.8, 4) is 0 Å². The Balaban J connectivity index is 1.15. The zero-order valence-corrected chi connectivity index (χ0v) is 22.3. The van der Waals surface area contributed by atoms with E-state index in [-0.39, 0.29) is 35.8 Å². The Morgan fingerprint density at radius 3 is 2.38 bits per heavy atom. The van der Waals surface area contributed by atoms with Gasteiger partial charge in [0.1, 0.15) is 0 Å². The summed E-state index contributed by atoms with van der Waals surface area (Å²) in [4.78, 5) is 33.1. The van der Waals surface area contributed by atoms with Gasteiger partial charge in [0.15, 0.2) is 15.5 Å². The van der Waals surface area contributed by atoms with Crippen LogP contribution in [0.4, 0.5) is 11.9 Å². The van der Waals surface area contributed by atoms with Gasteiger partial charge in [-0.1, -0.05) is 30.3 Å². The average Bonchev–Trinajstić information content (AvgIpc) is 3.53. The summed E-state index contributed by atoms with van der Waals surface area (Å²) in [5.74, 6) is 0.734. The lowest BCUT2D eigenvalue weighted by molar-refractivity contribution is -0.124. The number of amides is 2. The molecule has 2 amide bonds. The minimum Gasteiger partial charge on any atom is -0.351 e. The first-order valence-electron chi connectivity index (χ1n) is 13.4. The third-order valence-electron chi connectivity index (χ3n) is 7.43. The van der Waals surface area contributed by atoms with Gasteiger partial charge < -0.3 is 10.6 Å².